The van der Waals surface area contributed by atoms with E-state index < -0.39 is 0 Å². The van der Waals surface area contributed by atoms with Gasteiger partial charge in [0, 0.05) is 25.7 Å². The Morgan fingerprint density at radius 3 is 2.76 bits per heavy atom. The summed E-state index contributed by atoms with van der Waals surface area (Å²) in [5, 5.41) is 0. The van der Waals surface area contributed by atoms with Gasteiger partial charge >= 0.3 is 5.97 Å². The number of fused-ring (bicyclic) bond motifs is 5. The Bertz CT molecular complexity index is 817. The van der Waals surface area contributed by atoms with Crippen molar-refractivity contribution in [2.45, 2.75) is 84.2 Å². The molecule has 0 aliphatic heterocycles. The molecule has 4 aliphatic carbocycles. The van der Waals surface area contributed by atoms with Crippen LogP contribution < -0.4 is 0 Å². The summed E-state index contributed by atoms with van der Waals surface area (Å²) in [6, 6.07) is 4.41. The number of rotatable bonds is 2. The van der Waals surface area contributed by atoms with Crippen LogP contribution in [0.15, 0.2) is 36.2 Å². The van der Waals surface area contributed by atoms with Crippen molar-refractivity contribution >= 4 is 5.97 Å². The van der Waals surface area contributed by atoms with Crippen LogP contribution in [0.25, 0.3) is 0 Å². The van der Waals surface area contributed by atoms with Gasteiger partial charge in [-0.05, 0) is 91.1 Å². The standard InChI is InChI=1S/C26H35NO2/c1-17(28)29-20-10-12-25(2)19(15-20)6-7-21-23-9-8-22(18-5-4-14-27-16-18)26(23,3)13-11-24(21)25/h4-6,14,16,20-24H,7-13,15H2,1-3H3/t20?,21?,22?,23?,24?,25-,26+/m0/s1. The number of aromatic nitrogens is 1. The smallest absolute Gasteiger partial charge is 0.302 e. The number of carbonyl (C=O) groups excluding carboxylic acids is 1. The molecular weight excluding hydrogens is 358 g/mol. The van der Waals surface area contributed by atoms with E-state index in [1.54, 1.807) is 12.5 Å². The number of pyridine rings is 1. The molecule has 156 valence electrons. The van der Waals surface area contributed by atoms with E-state index in [1.807, 2.05) is 6.20 Å². The van der Waals surface area contributed by atoms with Crippen LogP contribution in [0.2, 0.25) is 0 Å². The van der Waals surface area contributed by atoms with Gasteiger partial charge in [-0.15, -0.1) is 0 Å². The van der Waals surface area contributed by atoms with Gasteiger partial charge in [0.05, 0.1) is 0 Å². The van der Waals surface area contributed by atoms with E-state index in [2.05, 4.69) is 43.2 Å². The molecule has 0 radical (unpaired) electrons. The number of carbonyl (C=O) groups is 1. The summed E-state index contributed by atoms with van der Waals surface area (Å²) in [5.41, 5.74) is 3.77. The van der Waals surface area contributed by atoms with E-state index in [-0.39, 0.29) is 12.1 Å². The summed E-state index contributed by atoms with van der Waals surface area (Å²) in [6.07, 6.45) is 16.4. The number of allylic oxidation sites excluding steroid dienone is 1. The first-order chi connectivity index (χ1) is 13.9. The number of ether oxygens (including phenoxy) is 1. The largest absolute Gasteiger partial charge is 0.462 e. The summed E-state index contributed by atoms with van der Waals surface area (Å²) >= 11 is 0. The second-order valence-corrected chi connectivity index (χ2v) is 10.7. The van der Waals surface area contributed by atoms with E-state index >= 15 is 0 Å². The molecule has 3 fully saturated rings. The Labute approximate surface area is 175 Å². The summed E-state index contributed by atoms with van der Waals surface area (Å²) in [7, 11) is 0. The van der Waals surface area contributed by atoms with Crippen LogP contribution in [0.5, 0.6) is 0 Å². The Hall–Kier alpha value is -1.64. The van der Waals surface area contributed by atoms with Gasteiger partial charge in [0.1, 0.15) is 6.10 Å². The minimum Gasteiger partial charge on any atom is -0.462 e. The minimum absolute atomic E-state index is 0.0960. The van der Waals surface area contributed by atoms with E-state index in [1.165, 1.54) is 44.1 Å². The Morgan fingerprint density at radius 2 is 2.00 bits per heavy atom. The fraction of sp³-hybridized carbons (Fsp3) is 0.692. The maximum absolute atomic E-state index is 11.4. The van der Waals surface area contributed by atoms with Crippen molar-refractivity contribution in [2.75, 3.05) is 0 Å². The van der Waals surface area contributed by atoms with Crippen LogP contribution in [-0.2, 0) is 9.53 Å². The predicted molar refractivity (Wildman–Crippen MR) is 114 cm³/mol. The molecule has 7 atom stereocenters. The van der Waals surface area contributed by atoms with Gasteiger partial charge in [-0.3, -0.25) is 9.78 Å². The van der Waals surface area contributed by atoms with Crippen molar-refractivity contribution in [3.8, 4) is 0 Å². The van der Waals surface area contributed by atoms with E-state index in [9.17, 15) is 4.79 Å². The van der Waals surface area contributed by atoms with Crippen LogP contribution >= 0.6 is 0 Å². The molecule has 0 bridgehead atoms. The Kier molecular flexibility index (Phi) is 4.64. The van der Waals surface area contributed by atoms with Gasteiger partial charge < -0.3 is 4.74 Å². The summed E-state index contributed by atoms with van der Waals surface area (Å²) in [4.78, 5) is 15.9. The first-order valence-electron chi connectivity index (χ1n) is 11.7. The van der Waals surface area contributed by atoms with E-state index in [0.717, 1.165) is 30.6 Å². The lowest BCUT2D eigenvalue weighted by Crippen LogP contribution is -2.50. The number of hydrogen-bond donors (Lipinski definition) is 0. The second-order valence-electron chi connectivity index (χ2n) is 10.7. The highest BCUT2D eigenvalue weighted by Gasteiger charge is 2.58. The molecule has 0 aromatic carbocycles. The zero-order valence-corrected chi connectivity index (χ0v) is 18.2. The van der Waals surface area contributed by atoms with Gasteiger partial charge in [0.15, 0.2) is 0 Å². The highest BCUT2D eigenvalue weighted by Crippen LogP contribution is 2.67. The molecule has 3 nitrogen and oxygen atoms in total. The first kappa shape index (κ1) is 19.3. The Balaban J connectivity index is 1.40. The van der Waals surface area contributed by atoms with Crippen molar-refractivity contribution in [2.24, 2.45) is 28.6 Å². The average molecular weight is 394 g/mol. The molecular formula is C26H35NO2. The lowest BCUT2D eigenvalue weighted by molar-refractivity contribution is -0.148. The molecule has 3 saturated carbocycles. The van der Waals surface area contributed by atoms with Gasteiger partial charge in [-0.25, -0.2) is 0 Å². The lowest BCUT2D eigenvalue weighted by Gasteiger charge is -2.58. The lowest BCUT2D eigenvalue weighted by atomic mass is 9.47. The van der Waals surface area contributed by atoms with Gasteiger partial charge in [0.2, 0.25) is 0 Å². The topological polar surface area (TPSA) is 39.2 Å². The first-order valence-corrected chi connectivity index (χ1v) is 11.7. The predicted octanol–water partition coefficient (Wildman–Crippen LogP) is 6.06. The number of nitrogens with zero attached hydrogens (tertiary/aromatic N) is 1. The average Bonchev–Trinajstić information content (AvgIpc) is 3.06. The van der Waals surface area contributed by atoms with Crippen LogP contribution in [0.1, 0.15) is 83.6 Å². The van der Waals surface area contributed by atoms with Crippen LogP contribution in [0.3, 0.4) is 0 Å². The second kappa shape index (κ2) is 6.96. The molecule has 29 heavy (non-hydrogen) atoms. The van der Waals surface area contributed by atoms with Gasteiger partial charge in [0.25, 0.3) is 0 Å². The summed E-state index contributed by atoms with van der Waals surface area (Å²) < 4.78 is 5.58. The number of esters is 1. The molecule has 1 aromatic rings. The fourth-order valence-corrected chi connectivity index (χ4v) is 8.09. The van der Waals surface area contributed by atoms with Gasteiger partial charge in [-0.2, -0.15) is 0 Å². The highest BCUT2D eigenvalue weighted by molar-refractivity contribution is 5.66. The third kappa shape index (κ3) is 2.99. The molecule has 1 aromatic heterocycles. The van der Waals surface area contributed by atoms with Gasteiger partial charge in [-0.1, -0.05) is 31.6 Å². The monoisotopic (exact) mass is 393 g/mol. The quantitative estimate of drug-likeness (QED) is 0.453. The summed E-state index contributed by atoms with van der Waals surface area (Å²) in [5.74, 6) is 2.97. The van der Waals surface area contributed by atoms with Crippen molar-refractivity contribution in [1.82, 2.24) is 4.98 Å². The molecule has 0 spiro atoms. The van der Waals surface area contributed by atoms with Crippen molar-refractivity contribution in [3.63, 3.8) is 0 Å². The third-order valence-electron chi connectivity index (χ3n) is 9.48. The zero-order chi connectivity index (χ0) is 20.2. The molecule has 4 aliphatic rings. The molecule has 0 amide bonds. The molecule has 3 heteroatoms. The number of hydrogen-bond acceptors (Lipinski definition) is 3. The molecule has 1 heterocycles. The SMILES string of the molecule is CC(=O)OC1CC[C@@]2(C)C(=CCC3C4CCC(c5cccnc5)[C@@]4(C)CCC32)C1. The zero-order valence-electron chi connectivity index (χ0n) is 18.2. The van der Waals surface area contributed by atoms with Crippen molar-refractivity contribution in [3.05, 3.63) is 41.7 Å². The minimum atomic E-state index is -0.131. The Morgan fingerprint density at radius 1 is 1.14 bits per heavy atom. The van der Waals surface area contributed by atoms with Crippen LogP contribution in [0.4, 0.5) is 0 Å². The molecule has 5 unspecified atom stereocenters. The van der Waals surface area contributed by atoms with Crippen molar-refractivity contribution < 1.29 is 9.53 Å². The summed E-state index contributed by atoms with van der Waals surface area (Å²) in [6.45, 7) is 6.65. The normalized spacial score (nSPS) is 43.6. The molecule has 0 N–H and O–H groups in total. The maximum Gasteiger partial charge on any atom is 0.302 e. The van der Waals surface area contributed by atoms with Crippen LogP contribution in [-0.4, -0.2) is 17.1 Å². The highest BCUT2D eigenvalue weighted by atomic mass is 16.5. The van der Waals surface area contributed by atoms with E-state index in [4.69, 9.17) is 4.74 Å². The molecule has 5 rings (SSSR count). The fourth-order valence-electron chi connectivity index (χ4n) is 8.09. The third-order valence-corrected chi connectivity index (χ3v) is 9.48. The maximum atomic E-state index is 11.4. The molecule has 0 saturated heterocycles. The van der Waals surface area contributed by atoms with E-state index in [0.29, 0.717) is 16.7 Å². The van der Waals surface area contributed by atoms with Crippen molar-refractivity contribution in [1.29, 1.82) is 0 Å². The van der Waals surface area contributed by atoms with Crippen LogP contribution in [0, 0.1) is 28.6 Å².